The number of fused-ring (bicyclic) bond motifs is 1. The van der Waals surface area contributed by atoms with Crippen molar-refractivity contribution in [3.05, 3.63) is 59.5 Å². The maximum atomic E-state index is 13.0. The number of amides is 1. The molecule has 0 bridgehead atoms. The van der Waals surface area contributed by atoms with Crippen LogP contribution >= 0.6 is 11.3 Å². The number of benzene rings is 1. The molecule has 40 heavy (non-hydrogen) atoms. The van der Waals surface area contributed by atoms with E-state index in [0.29, 0.717) is 35.5 Å². The lowest BCUT2D eigenvalue weighted by Gasteiger charge is -2.26. The van der Waals surface area contributed by atoms with Crippen molar-refractivity contribution in [1.29, 1.82) is 0 Å². The number of aryl methyl sites for hydroxylation is 1. The van der Waals surface area contributed by atoms with E-state index in [2.05, 4.69) is 15.6 Å². The molecule has 4 atom stereocenters. The Morgan fingerprint density at radius 1 is 1.10 bits per heavy atom. The van der Waals surface area contributed by atoms with Crippen LogP contribution in [0.2, 0.25) is 0 Å². The Hall–Kier alpha value is -3.67. The van der Waals surface area contributed by atoms with Gasteiger partial charge in [-0.2, -0.15) is 4.98 Å². The van der Waals surface area contributed by atoms with Crippen LogP contribution in [0.15, 0.2) is 42.6 Å². The molecule has 0 aliphatic heterocycles. The second kappa shape index (κ2) is 10.7. The van der Waals surface area contributed by atoms with E-state index < -0.39 is 24.2 Å². The minimum atomic E-state index is -1.14. The van der Waals surface area contributed by atoms with E-state index >= 15 is 0 Å². The van der Waals surface area contributed by atoms with Crippen LogP contribution in [0, 0.1) is 12.8 Å². The number of anilines is 2. The van der Waals surface area contributed by atoms with Gasteiger partial charge in [0, 0.05) is 32.8 Å². The van der Waals surface area contributed by atoms with E-state index in [0.717, 1.165) is 39.3 Å². The highest BCUT2D eigenvalue weighted by molar-refractivity contribution is 7.21. The van der Waals surface area contributed by atoms with Gasteiger partial charge in [-0.3, -0.25) is 9.78 Å². The van der Waals surface area contributed by atoms with Crippen LogP contribution in [0.3, 0.4) is 0 Å². The minimum Gasteiger partial charge on any atom is -0.390 e. The van der Waals surface area contributed by atoms with Crippen LogP contribution in [-0.4, -0.2) is 73.3 Å². The summed E-state index contributed by atoms with van der Waals surface area (Å²) in [4.78, 5) is 33.7. The molecule has 0 unspecified atom stereocenters. The largest absolute Gasteiger partial charge is 0.390 e. The first-order valence-electron chi connectivity index (χ1n) is 13.6. The highest BCUT2D eigenvalue weighted by Gasteiger charge is 2.46. The second-order valence-electron chi connectivity index (χ2n) is 10.8. The Bertz CT molecular complexity index is 1540. The molecule has 3 aromatic heterocycles. The Morgan fingerprint density at radius 3 is 2.60 bits per heavy atom. The standard InChI is InChI=1S/C29H33N7O3S/c1-15-21(27-34-24-20(40-27)11-12-30-22(24)17-9-10-17)26(35-29(32-15)31-14-16-7-5-4-6-8-16)33-23-18(28(39)36(2)3)13-19(37)25(23)38/h4-8,11-12,17-19,23,25,37-38H,9-10,13-14H2,1-3H3,(H2,31,32,33,35)/t18-,19-,23-,25-/m1/s1. The number of thiazole rings is 1. The number of hydrogen-bond acceptors (Lipinski definition) is 10. The van der Waals surface area contributed by atoms with Gasteiger partial charge in [0.15, 0.2) is 0 Å². The number of rotatable bonds is 8. The molecule has 2 aliphatic rings. The van der Waals surface area contributed by atoms with Crippen molar-refractivity contribution in [1.82, 2.24) is 24.8 Å². The van der Waals surface area contributed by atoms with Gasteiger partial charge in [0.25, 0.3) is 0 Å². The molecule has 1 aromatic carbocycles. The van der Waals surface area contributed by atoms with Gasteiger partial charge in [-0.1, -0.05) is 30.3 Å². The number of pyridine rings is 1. The van der Waals surface area contributed by atoms with Crippen LogP contribution in [0.25, 0.3) is 20.8 Å². The number of aromatic nitrogens is 4. The molecule has 3 heterocycles. The summed E-state index contributed by atoms with van der Waals surface area (Å²) < 4.78 is 1.04. The minimum absolute atomic E-state index is 0.159. The van der Waals surface area contributed by atoms with E-state index in [1.54, 1.807) is 25.4 Å². The highest BCUT2D eigenvalue weighted by Crippen LogP contribution is 2.44. The smallest absolute Gasteiger partial charge is 0.227 e. The predicted octanol–water partition coefficient (Wildman–Crippen LogP) is 3.56. The van der Waals surface area contributed by atoms with E-state index in [1.165, 1.54) is 4.90 Å². The van der Waals surface area contributed by atoms with Crippen molar-refractivity contribution >= 4 is 39.2 Å². The van der Waals surface area contributed by atoms with Crippen molar-refractivity contribution in [3.63, 3.8) is 0 Å². The lowest BCUT2D eigenvalue weighted by molar-refractivity contribution is -0.133. The Kier molecular flexibility index (Phi) is 7.11. The van der Waals surface area contributed by atoms with Crippen molar-refractivity contribution in [2.45, 2.75) is 56.9 Å². The number of carbonyl (C=O) groups is 1. The van der Waals surface area contributed by atoms with Gasteiger partial charge in [0.05, 0.1) is 39.7 Å². The summed E-state index contributed by atoms with van der Waals surface area (Å²) in [5.74, 6) is 0.536. The first-order valence-corrected chi connectivity index (χ1v) is 14.4. The average Bonchev–Trinajstić information content (AvgIpc) is 3.64. The fourth-order valence-corrected chi connectivity index (χ4v) is 6.45. The lowest BCUT2D eigenvalue weighted by Crippen LogP contribution is -2.43. The molecule has 2 saturated carbocycles. The van der Waals surface area contributed by atoms with E-state index in [-0.39, 0.29) is 12.3 Å². The van der Waals surface area contributed by atoms with Crippen LogP contribution in [0.4, 0.5) is 11.8 Å². The summed E-state index contributed by atoms with van der Waals surface area (Å²) in [7, 11) is 3.35. The predicted molar refractivity (Wildman–Crippen MR) is 155 cm³/mol. The Labute approximate surface area is 236 Å². The maximum absolute atomic E-state index is 13.0. The molecule has 1 amide bonds. The molecular weight excluding hydrogens is 526 g/mol. The number of carbonyl (C=O) groups excluding carboxylic acids is 1. The first-order chi connectivity index (χ1) is 19.3. The van der Waals surface area contributed by atoms with Crippen molar-refractivity contribution in [2.24, 2.45) is 5.92 Å². The van der Waals surface area contributed by atoms with Crippen molar-refractivity contribution in [3.8, 4) is 10.6 Å². The third-order valence-electron chi connectivity index (χ3n) is 7.65. The van der Waals surface area contributed by atoms with E-state index in [1.807, 2.05) is 49.5 Å². The van der Waals surface area contributed by atoms with Gasteiger partial charge in [-0.05, 0) is 37.8 Å². The summed E-state index contributed by atoms with van der Waals surface area (Å²) >= 11 is 1.55. The summed E-state index contributed by atoms with van der Waals surface area (Å²) in [6.07, 6.45) is 2.08. The van der Waals surface area contributed by atoms with Crippen LogP contribution in [0.1, 0.15) is 42.1 Å². The SMILES string of the molecule is Cc1nc(NCc2ccccc2)nc(N[C@H]2[C@H](O)[C@H](O)C[C@H]2C(=O)N(C)C)c1-c1nc2c(C3CC3)nccc2s1. The number of nitrogens with zero attached hydrogens (tertiary/aromatic N) is 5. The summed E-state index contributed by atoms with van der Waals surface area (Å²) in [6, 6.07) is 11.2. The van der Waals surface area contributed by atoms with Crippen LogP contribution < -0.4 is 10.6 Å². The quantitative estimate of drug-likeness (QED) is 0.255. The fourth-order valence-electron chi connectivity index (χ4n) is 5.38. The lowest BCUT2D eigenvalue weighted by atomic mass is 10.0. The zero-order chi connectivity index (χ0) is 28.0. The number of aliphatic hydroxyl groups excluding tert-OH is 2. The normalized spacial score (nSPS) is 22.4. The van der Waals surface area contributed by atoms with Crippen LogP contribution in [0.5, 0.6) is 0 Å². The average molecular weight is 560 g/mol. The zero-order valence-corrected chi connectivity index (χ0v) is 23.5. The van der Waals surface area contributed by atoms with Gasteiger partial charge in [-0.25, -0.2) is 9.97 Å². The Balaban J connectivity index is 1.41. The molecule has 0 saturated heterocycles. The number of aliphatic hydroxyl groups is 2. The van der Waals surface area contributed by atoms with Gasteiger partial charge in [-0.15, -0.1) is 11.3 Å². The summed E-state index contributed by atoms with van der Waals surface area (Å²) in [5.41, 5.74) is 4.42. The Morgan fingerprint density at radius 2 is 1.88 bits per heavy atom. The van der Waals surface area contributed by atoms with Gasteiger partial charge in [0.2, 0.25) is 11.9 Å². The van der Waals surface area contributed by atoms with Crippen molar-refractivity contribution < 1.29 is 15.0 Å². The molecule has 0 spiro atoms. The van der Waals surface area contributed by atoms with Gasteiger partial charge < -0.3 is 25.7 Å². The van der Waals surface area contributed by atoms with Gasteiger partial charge >= 0.3 is 0 Å². The topological polar surface area (TPSA) is 136 Å². The highest BCUT2D eigenvalue weighted by atomic mass is 32.1. The molecule has 4 N–H and O–H groups in total. The van der Waals surface area contributed by atoms with Crippen LogP contribution in [-0.2, 0) is 11.3 Å². The zero-order valence-electron chi connectivity index (χ0n) is 22.7. The molecule has 11 heteroatoms. The van der Waals surface area contributed by atoms with Gasteiger partial charge in [0.1, 0.15) is 22.4 Å². The molecule has 2 fully saturated rings. The monoisotopic (exact) mass is 559 g/mol. The third kappa shape index (κ3) is 5.12. The van der Waals surface area contributed by atoms with E-state index in [4.69, 9.17) is 15.0 Å². The second-order valence-corrected chi connectivity index (χ2v) is 11.9. The van der Waals surface area contributed by atoms with Crippen molar-refractivity contribution in [2.75, 3.05) is 24.7 Å². The molecule has 6 rings (SSSR count). The molecule has 208 valence electrons. The molecule has 2 aliphatic carbocycles. The number of nitrogens with one attached hydrogen (secondary N) is 2. The first kappa shape index (κ1) is 26.5. The maximum Gasteiger partial charge on any atom is 0.227 e. The fraction of sp³-hybridized carbons (Fsp3) is 0.414. The molecular formula is C29H33N7O3S. The summed E-state index contributed by atoms with van der Waals surface area (Å²) in [6.45, 7) is 2.44. The summed E-state index contributed by atoms with van der Waals surface area (Å²) in [5, 5.41) is 28.8. The molecule has 0 radical (unpaired) electrons. The molecule has 4 aromatic rings. The number of hydrogen-bond donors (Lipinski definition) is 4. The third-order valence-corrected chi connectivity index (χ3v) is 8.69. The van der Waals surface area contributed by atoms with E-state index in [9.17, 15) is 15.0 Å². The molecule has 10 nitrogen and oxygen atoms in total.